The highest BCUT2D eigenvalue weighted by Crippen LogP contribution is 2.58. The van der Waals surface area contributed by atoms with E-state index >= 15 is 0 Å². The van der Waals surface area contributed by atoms with E-state index in [4.69, 9.17) is 28.4 Å². The van der Waals surface area contributed by atoms with E-state index in [0.29, 0.717) is 34.0 Å². The number of amides is 1. The van der Waals surface area contributed by atoms with E-state index in [0.717, 1.165) is 11.1 Å². The molecular weight excluding hydrogens is 939 g/mol. The Hall–Kier alpha value is -8.54. The largest absolute Gasteiger partial charge is 0.493 e. The highest BCUT2D eigenvalue weighted by molar-refractivity contribution is 6.06. The van der Waals surface area contributed by atoms with Gasteiger partial charge < -0.3 is 43.5 Å². The van der Waals surface area contributed by atoms with Gasteiger partial charge in [0.2, 0.25) is 17.4 Å². The number of fused-ring (bicyclic) bond motifs is 4. The molecule has 0 fully saturated rings. The maximum absolute atomic E-state index is 14.7. The maximum Gasteiger partial charge on any atom is 0.340 e. The Morgan fingerprint density at radius 3 is 1.75 bits per heavy atom. The second-order valence-electron chi connectivity index (χ2n) is 19.0. The number of rotatable bonds is 15. The summed E-state index contributed by atoms with van der Waals surface area (Å²) in [6, 6.07) is 23.7. The molecule has 0 aliphatic carbocycles. The number of carbonyl (C=O) groups is 4. The molecule has 5 aromatic rings. The van der Waals surface area contributed by atoms with Gasteiger partial charge in [0, 0.05) is 51.1 Å². The van der Waals surface area contributed by atoms with Crippen LogP contribution in [0.25, 0.3) is 12.2 Å². The first kappa shape index (κ1) is 49.4. The zero-order valence-electron chi connectivity index (χ0n) is 41.6. The van der Waals surface area contributed by atoms with Crippen molar-refractivity contribution in [2.75, 3.05) is 55.6 Å². The van der Waals surface area contributed by atoms with Gasteiger partial charge in [-0.3, -0.25) is 19.7 Å². The Bertz CT molecular complexity index is 3220. The minimum atomic E-state index is -1.35. The van der Waals surface area contributed by atoms with E-state index in [1.165, 1.54) is 44.6 Å². The number of nitrogens with one attached hydrogen (secondary N) is 2. The van der Waals surface area contributed by atoms with E-state index in [1.807, 2.05) is 103 Å². The van der Waals surface area contributed by atoms with Crippen molar-refractivity contribution in [2.24, 2.45) is 0 Å². The van der Waals surface area contributed by atoms with Gasteiger partial charge in [-0.05, 0) is 107 Å². The third-order valence-electron chi connectivity index (χ3n) is 14.3. The lowest BCUT2D eigenvalue weighted by atomic mass is 9.76. The molecule has 73 heavy (non-hydrogen) atoms. The molecule has 18 nitrogen and oxygen atoms in total. The Morgan fingerprint density at radius 1 is 0.699 bits per heavy atom. The summed E-state index contributed by atoms with van der Waals surface area (Å²) < 4.78 is 36.1. The van der Waals surface area contributed by atoms with Crippen LogP contribution in [-0.4, -0.2) is 80.5 Å². The second kappa shape index (κ2) is 18.6. The fraction of sp³-hybridized carbons (Fsp3) is 0.309. The molecule has 2 N–H and O–H groups in total. The SMILES string of the molecule is CCOC(=O)c1cc(NC(=O)CN2c3ccccc3C(C)(C)C23C=Cc2cc([NH+]=O)cc(OC)c2O3)c(C(=O)OCC)cc1CC(=O)CN1c2ccccc2C(C)(C)C12C=Cc1cc([N+](=O)[O-])cc(OC)c1O2. The molecule has 18 heteroatoms. The van der Waals surface area contributed by atoms with Gasteiger partial charge in [-0.1, -0.05) is 36.4 Å². The van der Waals surface area contributed by atoms with Crippen molar-refractivity contribution in [3.63, 3.8) is 0 Å². The molecule has 2 spiro atoms. The summed E-state index contributed by atoms with van der Waals surface area (Å²) in [6.07, 6.45) is 6.79. The van der Waals surface area contributed by atoms with Crippen LogP contribution in [0.5, 0.6) is 23.0 Å². The van der Waals surface area contributed by atoms with Crippen molar-refractivity contribution in [2.45, 2.75) is 70.2 Å². The van der Waals surface area contributed by atoms with Gasteiger partial charge in [0.25, 0.3) is 11.4 Å². The van der Waals surface area contributed by atoms with Crippen molar-refractivity contribution in [1.82, 2.24) is 0 Å². The molecule has 0 aromatic heterocycles. The summed E-state index contributed by atoms with van der Waals surface area (Å²) in [5.74, 6) is -1.54. The van der Waals surface area contributed by atoms with Gasteiger partial charge in [-0.15, -0.1) is 0 Å². The molecule has 9 rings (SSSR count). The van der Waals surface area contributed by atoms with E-state index in [2.05, 4.69) is 5.32 Å². The number of esters is 2. The molecule has 0 radical (unpaired) electrons. The first-order chi connectivity index (χ1) is 34.9. The van der Waals surface area contributed by atoms with Crippen LogP contribution in [0, 0.1) is 15.0 Å². The number of nitro benzene ring substituents is 1. The van der Waals surface area contributed by atoms with E-state index in [9.17, 15) is 34.2 Å². The number of non-ortho nitro benzene ring substituents is 1. The van der Waals surface area contributed by atoms with Crippen molar-refractivity contribution in [3.05, 3.63) is 151 Å². The van der Waals surface area contributed by atoms with Crippen molar-refractivity contribution in [1.29, 1.82) is 0 Å². The van der Waals surface area contributed by atoms with Crippen LogP contribution in [0.1, 0.15) is 90.1 Å². The molecule has 0 saturated heterocycles. The van der Waals surface area contributed by atoms with Gasteiger partial charge in [0.05, 0.1) is 78.7 Å². The number of carbonyl (C=O) groups excluding carboxylic acids is 4. The standard InChI is InChI=1S/C55H53N5O13/c1-9-70-50(63)38-29-42(56-47(62)31-59-44-18-14-12-16-41(44)53(5,6)55(59)21-19-32-23-35(57-65)27-45(68-7)48(32)72-55)39(51(64)71-10-2)26-34(38)25-37(61)30-58-43-17-13-11-15-40(43)52(3,4)54(58)22-20-33-24-36(60(66)67)28-46(69-8)49(33)73-54/h11-24,26-29H,9-10,25,30-31H2,1-8H3,(H,56,62)/p+1. The number of ketones is 1. The number of nitroso groups, excluding NO2 is 1. The van der Waals surface area contributed by atoms with E-state index in [-0.39, 0.29) is 83.8 Å². The zero-order valence-corrected chi connectivity index (χ0v) is 41.6. The molecule has 4 aliphatic rings. The van der Waals surface area contributed by atoms with Crippen LogP contribution >= 0.6 is 0 Å². The summed E-state index contributed by atoms with van der Waals surface area (Å²) >= 11 is 0. The van der Waals surface area contributed by atoms with Gasteiger partial charge in [-0.25, -0.2) is 9.59 Å². The minimum Gasteiger partial charge on any atom is -0.493 e. The van der Waals surface area contributed by atoms with Crippen LogP contribution in [0.3, 0.4) is 0 Å². The first-order valence-corrected chi connectivity index (χ1v) is 23.7. The minimum absolute atomic E-state index is 0.0180. The number of ether oxygens (including phenoxy) is 6. The van der Waals surface area contributed by atoms with Crippen LogP contribution in [-0.2, 0) is 36.3 Å². The molecule has 2 unspecified atom stereocenters. The van der Waals surface area contributed by atoms with Crippen LogP contribution < -0.4 is 39.2 Å². The maximum atomic E-state index is 14.7. The van der Waals surface area contributed by atoms with Gasteiger partial charge in [-0.2, -0.15) is 0 Å². The summed E-state index contributed by atoms with van der Waals surface area (Å²) in [5.41, 5.74) is -0.146. The van der Waals surface area contributed by atoms with Crippen molar-refractivity contribution < 1.29 is 57.7 Å². The van der Waals surface area contributed by atoms with Crippen LogP contribution in [0.15, 0.2) is 97.1 Å². The molecule has 2 atom stereocenters. The predicted octanol–water partition coefficient (Wildman–Crippen LogP) is 7.69. The Balaban J connectivity index is 1.06. The normalized spacial score (nSPS) is 18.9. The summed E-state index contributed by atoms with van der Waals surface area (Å²) in [7, 11) is 2.86. The van der Waals surface area contributed by atoms with Crippen molar-refractivity contribution in [3.8, 4) is 23.0 Å². The summed E-state index contributed by atoms with van der Waals surface area (Å²) in [5, 5.41) is 16.6. The molecule has 376 valence electrons. The van der Waals surface area contributed by atoms with Crippen LogP contribution in [0.2, 0.25) is 0 Å². The fourth-order valence-corrected chi connectivity index (χ4v) is 10.7. The van der Waals surface area contributed by atoms with Gasteiger partial charge in [0.1, 0.15) is 6.54 Å². The number of hydrogen-bond donors (Lipinski definition) is 2. The van der Waals surface area contributed by atoms with Gasteiger partial charge >= 0.3 is 11.9 Å². The Kier molecular flexibility index (Phi) is 12.6. The fourth-order valence-electron chi connectivity index (χ4n) is 10.7. The number of anilines is 3. The third kappa shape index (κ3) is 7.97. The predicted molar refractivity (Wildman–Crippen MR) is 271 cm³/mol. The molecule has 5 aromatic carbocycles. The highest BCUT2D eigenvalue weighted by atomic mass is 16.6. The molecular formula is C55H54N5O13+. The molecule has 0 saturated carbocycles. The van der Waals surface area contributed by atoms with E-state index < -0.39 is 45.0 Å². The number of nitro groups is 1. The Labute approximate surface area is 420 Å². The second-order valence-corrected chi connectivity index (χ2v) is 19.0. The Morgan fingerprint density at radius 2 is 1.22 bits per heavy atom. The lowest BCUT2D eigenvalue weighted by molar-refractivity contribution is -0.385. The molecule has 0 bridgehead atoms. The average molecular weight is 993 g/mol. The number of nitrogens with zero attached hydrogens (tertiary/aromatic N) is 3. The van der Waals surface area contributed by atoms with Gasteiger partial charge in [0.15, 0.2) is 28.8 Å². The lowest BCUT2D eigenvalue weighted by Gasteiger charge is -2.47. The topological polar surface area (TPSA) is 216 Å². The third-order valence-corrected chi connectivity index (χ3v) is 14.3. The van der Waals surface area contributed by atoms with Crippen LogP contribution in [0.4, 0.5) is 28.4 Å². The summed E-state index contributed by atoms with van der Waals surface area (Å²) in [6.45, 7) is 10.6. The average Bonchev–Trinajstić information content (AvgIpc) is 3.66. The zero-order chi connectivity index (χ0) is 52.2. The number of hydrogen-bond acceptors (Lipinski definition) is 15. The molecule has 1 amide bonds. The van der Waals surface area contributed by atoms with Crippen molar-refractivity contribution >= 4 is 64.2 Å². The first-order valence-electron chi connectivity index (χ1n) is 23.7. The summed E-state index contributed by atoms with van der Waals surface area (Å²) in [4.78, 5) is 83.9. The molecule has 4 aliphatic heterocycles. The highest BCUT2D eigenvalue weighted by Gasteiger charge is 2.61. The number of Topliss-reactive ketones (excluding diaryl/α,β-unsaturated/α-hetero) is 1. The number of benzene rings is 5. The van der Waals surface area contributed by atoms with E-state index in [1.54, 1.807) is 32.1 Å². The monoisotopic (exact) mass is 992 g/mol. The number of methoxy groups -OCH3 is 2. The molecule has 4 heterocycles. The quantitative estimate of drug-likeness (QED) is 0.0584. The number of para-hydroxylation sites is 2. The smallest absolute Gasteiger partial charge is 0.340 e. The lowest BCUT2D eigenvalue weighted by Crippen LogP contribution is -2.61.